The van der Waals surface area contributed by atoms with Gasteiger partial charge < -0.3 is 5.11 Å². The largest absolute Gasteiger partial charge is 0.506 e. The Balaban J connectivity index is 3.04. The number of hydrogen-bond donors (Lipinski definition) is 1. The Morgan fingerprint density at radius 1 is 1.43 bits per heavy atom. The van der Waals surface area contributed by atoms with E-state index in [1.807, 2.05) is 0 Å². The van der Waals surface area contributed by atoms with Gasteiger partial charge in [0.2, 0.25) is 0 Å². The van der Waals surface area contributed by atoms with Crippen LogP contribution in [0.2, 0.25) is 0 Å². The van der Waals surface area contributed by atoms with Gasteiger partial charge in [0.15, 0.2) is 0 Å². The van der Waals surface area contributed by atoms with Crippen LogP contribution in [0.5, 0.6) is 5.75 Å². The summed E-state index contributed by atoms with van der Waals surface area (Å²) in [5.41, 5.74) is 0. The molecule has 0 aromatic heterocycles. The molecule has 4 nitrogen and oxygen atoms in total. The molecule has 0 spiro atoms. The Morgan fingerprint density at radius 2 is 2.07 bits per heavy atom. The molecule has 0 aliphatic carbocycles. The molecule has 0 saturated carbocycles. The minimum absolute atomic E-state index is 0.114. The fourth-order valence-electron chi connectivity index (χ4n) is 0.870. The molecule has 0 heterocycles. The van der Waals surface area contributed by atoms with Crippen LogP contribution in [0.15, 0.2) is 41.8 Å². The lowest BCUT2D eigenvalue weighted by Crippen LogP contribution is -2.06. The van der Waals surface area contributed by atoms with Gasteiger partial charge in [-0.3, -0.25) is 4.18 Å². The Labute approximate surface area is 82.6 Å². The molecule has 5 heteroatoms. The maximum Gasteiger partial charge on any atom is 0.300 e. The maximum absolute atomic E-state index is 11.4. The SMILES string of the molecule is C=CCOS(=O)(=O)c1ccccc1O. The van der Waals surface area contributed by atoms with Crippen LogP contribution >= 0.6 is 0 Å². The van der Waals surface area contributed by atoms with Gasteiger partial charge in [-0.2, -0.15) is 8.42 Å². The van der Waals surface area contributed by atoms with Crippen molar-refractivity contribution >= 4 is 10.1 Å². The molecule has 1 rings (SSSR count). The predicted molar refractivity (Wildman–Crippen MR) is 51.4 cm³/mol. The fourth-order valence-corrected chi connectivity index (χ4v) is 1.84. The van der Waals surface area contributed by atoms with E-state index in [9.17, 15) is 13.5 Å². The summed E-state index contributed by atoms with van der Waals surface area (Å²) in [6, 6.07) is 5.59. The third-order valence-electron chi connectivity index (χ3n) is 1.48. The van der Waals surface area contributed by atoms with Crippen molar-refractivity contribution in [2.45, 2.75) is 4.90 Å². The first-order chi connectivity index (χ1) is 6.58. The monoisotopic (exact) mass is 214 g/mol. The van der Waals surface area contributed by atoms with Crippen LogP contribution in [-0.2, 0) is 14.3 Å². The predicted octanol–water partition coefficient (Wildman–Crippen LogP) is 1.28. The van der Waals surface area contributed by atoms with Gasteiger partial charge in [-0.1, -0.05) is 18.2 Å². The van der Waals surface area contributed by atoms with Gasteiger partial charge in [-0.15, -0.1) is 6.58 Å². The molecule has 0 aliphatic rings. The van der Waals surface area contributed by atoms with Crippen molar-refractivity contribution < 1.29 is 17.7 Å². The van der Waals surface area contributed by atoms with E-state index in [4.69, 9.17) is 0 Å². The zero-order valence-corrected chi connectivity index (χ0v) is 8.20. The number of para-hydroxylation sites is 1. The van der Waals surface area contributed by atoms with Crippen molar-refractivity contribution in [2.75, 3.05) is 6.61 Å². The van der Waals surface area contributed by atoms with E-state index in [-0.39, 0.29) is 17.3 Å². The average molecular weight is 214 g/mol. The van der Waals surface area contributed by atoms with Crippen molar-refractivity contribution in [1.29, 1.82) is 0 Å². The van der Waals surface area contributed by atoms with Crippen LogP contribution in [0.3, 0.4) is 0 Å². The van der Waals surface area contributed by atoms with Crippen LogP contribution in [0.1, 0.15) is 0 Å². The van der Waals surface area contributed by atoms with E-state index in [1.165, 1.54) is 30.3 Å². The van der Waals surface area contributed by atoms with Crippen molar-refractivity contribution in [1.82, 2.24) is 0 Å². The minimum Gasteiger partial charge on any atom is -0.506 e. The van der Waals surface area contributed by atoms with E-state index >= 15 is 0 Å². The van der Waals surface area contributed by atoms with E-state index in [0.717, 1.165) is 0 Å². The summed E-state index contributed by atoms with van der Waals surface area (Å²) in [6.45, 7) is 3.21. The molecule has 0 unspecified atom stereocenters. The zero-order chi connectivity index (χ0) is 10.6. The first kappa shape index (κ1) is 10.7. The number of phenolic OH excluding ortho intramolecular Hbond substituents is 1. The Kier molecular flexibility index (Phi) is 3.27. The highest BCUT2D eigenvalue weighted by Crippen LogP contribution is 2.22. The van der Waals surface area contributed by atoms with Crippen LogP contribution < -0.4 is 0 Å². The number of rotatable bonds is 4. The second kappa shape index (κ2) is 4.26. The smallest absolute Gasteiger partial charge is 0.300 e. The Bertz CT molecular complexity index is 422. The molecule has 0 atom stereocenters. The quantitative estimate of drug-likeness (QED) is 0.605. The van der Waals surface area contributed by atoms with Gasteiger partial charge in [0.25, 0.3) is 0 Å². The molecule has 76 valence electrons. The summed E-state index contributed by atoms with van der Waals surface area (Å²) in [5, 5.41) is 9.26. The lowest BCUT2D eigenvalue weighted by atomic mass is 10.3. The van der Waals surface area contributed by atoms with Crippen LogP contribution in [0.25, 0.3) is 0 Å². The Hall–Kier alpha value is -1.33. The molecule has 0 saturated heterocycles. The molecule has 0 aliphatic heterocycles. The number of phenols is 1. The Morgan fingerprint density at radius 3 is 2.64 bits per heavy atom. The van der Waals surface area contributed by atoms with Crippen molar-refractivity contribution in [2.24, 2.45) is 0 Å². The van der Waals surface area contributed by atoms with Crippen LogP contribution in [0.4, 0.5) is 0 Å². The summed E-state index contributed by atoms with van der Waals surface area (Å²) in [4.78, 5) is -0.234. The second-order valence-electron chi connectivity index (χ2n) is 2.50. The summed E-state index contributed by atoms with van der Waals surface area (Å²) in [7, 11) is -3.87. The molecular weight excluding hydrogens is 204 g/mol. The standard InChI is InChI=1S/C9H10O4S/c1-2-7-13-14(11,12)9-6-4-3-5-8(9)10/h2-6,10H,1,7H2. The third kappa shape index (κ3) is 2.34. The topological polar surface area (TPSA) is 63.6 Å². The summed E-state index contributed by atoms with van der Waals surface area (Å²) in [6.07, 6.45) is 1.32. The maximum atomic E-state index is 11.4. The molecule has 0 radical (unpaired) electrons. The fraction of sp³-hybridized carbons (Fsp3) is 0.111. The molecule has 0 bridgehead atoms. The molecule has 1 aromatic carbocycles. The molecule has 0 amide bonds. The number of aromatic hydroxyl groups is 1. The third-order valence-corrected chi connectivity index (χ3v) is 2.81. The van der Waals surface area contributed by atoms with Gasteiger partial charge in [-0.05, 0) is 12.1 Å². The summed E-state index contributed by atoms with van der Waals surface area (Å²) >= 11 is 0. The van der Waals surface area contributed by atoms with Gasteiger partial charge >= 0.3 is 10.1 Å². The first-order valence-electron chi connectivity index (χ1n) is 3.86. The van der Waals surface area contributed by atoms with Crippen LogP contribution in [0, 0.1) is 0 Å². The van der Waals surface area contributed by atoms with Gasteiger partial charge in [0.05, 0.1) is 6.61 Å². The lowest BCUT2D eigenvalue weighted by molar-refractivity contribution is 0.353. The van der Waals surface area contributed by atoms with E-state index < -0.39 is 10.1 Å². The summed E-state index contributed by atoms with van der Waals surface area (Å²) in [5.74, 6) is -0.323. The van der Waals surface area contributed by atoms with Gasteiger partial charge in [-0.25, -0.2) is 0 Å². The molecule has 14 heavy (non-hydrogen) atoms. The van der Waals surface area contributed by atoms with Crippen LogP contribution in [-0.4, -0.2) is 20.1 Å². The average Bonchev–Trinajstić information content (AvgIpc) is 2.15. The molecule has 1 aromatic rings. The first-order valence-corrected chi connectivity index (χ1v) is 5.27. The second-order valence-corrected chi connectivity index (χ2v) is 4.08. The lowest BCUT2D eigenvalue weighted by Gasteiger charge is -2.04. The van der Waals surface area contributed by atoms with E-state index in [0.29, 0.717) is 0 Å². The van der Waals surface area contributed by atoms with Gasteiger partial charge in [0, 0.05) is 0 Å². The van der Waals surface area contributed by atoms with E-state index in [2.05, 4.69) is 10.8 Å². The van der Waals surface area contributed by atoms with E-state index in [1.54, 1.807) is 0 Å². The number of benzene rings is 1. The molecule has 0 fully saturated rings. The molecular formula is C9H10O4S. The minimum atomic E-state index is -3.87. The van der Waals surface area contributed by atoms with Crippen molar-refractivity contribution in [3.8, 4) is 5.75 Å². The van der Waals surface area contributed by atoms with Crippen molar-refractivity contribution in [3.63, 3.8) is 0 Å². The highest BCUT2D eigenvalue weighted by Gasteiger charge is 2.17. The molecule has 1 N–H and O–H groups in total. The normalized spacial score (nSPS) is 11.1. The highest BCUT2D eigenvalue weighted by molar-refractivity contribution is 7.86. The van der Waals surface area contributed by atoms with Crippen molar-refractivity contribution in [3.05, 3.63) is 36.9 Å². The van der Waals surface area contributed by atoms with Gasteiger partial charge in [0.1, 0.15) is 10.6 Å². The highest BCUT2D eigenvalue weighted by atomic mass is 32.2. The zero-order valence-electron chi connectivity index (χ0n) is 7.38. The number of hydrogen-bond acceptors (Lipinski definition) is 4. The summed E-state index contributed by atoms with van der Waals surface area (Å²) < 4.78 is 27.3.